The Morgan fingerprint density at radius 3 is 2.38 bits per heavy atom. The van der Waals surface area contributed by atoms with Gasteiger partial charge in [-0.15, -0.1) is 0 Å². The van der Waals surface area contributed by atoms with Crippen molar-refractivity contribution < 1.29 is 23.8 Å². The van der Waals surface area contributed by atoms with E-state index in [0.29, 0.717) is 23.1 Å². The molecule has 0 aromatic heterocycles. The summed E-state index contributed by atoms with van der Waals surface area (Å²) in [6.45, 7) is 9.06. The van der Waals surface area contributed by atoms with Crippen LogP contribution in [0.1, 0.15) is 46.6 Å². The molecule has 1 heterocycles. The zero-order valence-electron chi connectivity index (χ0n) is 17.3. The van der Waals surface area contributed by atoms with E-state index in [1.807, 2.05) is 52.0 Å². The van der Waals surface area contributed by atoms with Crippen LogP contribution in [0.3, 0.4) is 0 Å². The SMILES string of the molecule is CC(=O)Oc1c(OC(=O)[C@@H](NCl)C(C)C)c2c(c3ccccc13)OC(C)(C)CC2. The number of carbonyl (C=O) groups excluding carboxylic acids is 2. The molecular weight excluding hydrogens is 394 g/mol. The third-order valence-electron chi connectivity index (χ3n) is 5.01. The fourth-order valence-corrected chi connectivity index (χ4v) is 3.80. The number of ether oxygens (including phenoxy) is 3. The van der Waals surface area contributed by atoms with E-state index in [0.717, 1.165) is 11.8 Å². The van der Waals surface area contributed by atoms with Gasteiger partial charge in [-0.05, 0) is 44.4 Å². The molecular formula is C22H26ClNO5. The molecule has 2 aromatic rings. The molecule has 0 fully saturated rings. The number of hydrogen-bond acceptors (Lipinski definition) is 6. The Bertz CT molecular complexity index is 954. The Labute approximate surface area is 175 Å². The molecule has 156 valence electrons. The van der Waals surface area contributed by atoms with Crippen molar-refractivity contribution in [2.24, 2.45) is 5.92 Å². The van der Waals surface area contributed by atoms with Gasteiger partial charge < -0.3 is 14.2 Å². The fourth-order valence-electron chi connectivity index (χ4n) is 3.46. The van der Waals surface area contributed by atoms with Crippen LogP contribution in [0.25, 0.3) is 10.8 Å². The van der Waals surface area contributed by atoms with Crippen LogP contribution < -0.4 is 19.0 Å². The summed E-state index contributed by atoms with van der Waals surface area (Å²) in [5.74, 6) is -0.0577. The maximum atomic E-state index is 12.8. The van der Waals surface area contributed by atoms with E-state index in [1.165, 1.54) is 6.92 Å². The van der Waals surface area contributed by atoms with Crippen LogP contribution in [0, 0.1) is 5.92 Å². The average Bonchev–Trinajstić information content (AvgIpc) is 2.63. The van der Waals surface area contributed by atoms with Crippen LogP contribution in [0.15, 0.2) is 24.3 Å². The van der Waals surface area contributed by atoms with Crippen molar-refractivity contribution in [3.05, 3.63) is 29.8 Å². The lowest BCUT2D eigenvalue weighted by atomic mass is 9.91. The van der Waals surface area contributed by atoms with E-state index in [-0.39, 0.29) is 23.0 Å². The zero-order chi connectivity index (χ0) is 21.3. The molecule has 29 heavy (non-hydrogen) atoms. The van der Waals surface area contributed by atoms with Gasteiger partial charge in [0, 0.05) is 23.3 Å². The number of benzene rings is 2. The molecule has 0 saturated heterocycles. The first kappa shape index (κ1) is 21.4. The van der Waals surface area contributed by atoms with Crippen molar-refractivity contribution in [2.75, 3.05) is 0 Å². The van der Waals surface area contributed by atoms with Gasteiger partial charge in [-0.25, -0.2) is 9.63 Å². The first-order chi connectivity index (χ1) is 13.6. The highest BCUT2D eigenvalue weighted by Crippen LogP contribution is 2.50. The maximum absolute atomic E-state index is 12.8. The number of fused-ring (bicyclic) bond motifs is 3. The minimum absolute atomic E-state index is 0.0939. The lowest BCUT2D eigenvalue weighted by Gasteiger charge is -2.34. The van der Waals surface area contributed by atoms with E-state index in [2.05, 4.69) is 4.84 Å². The highest BCUT2D eigenvalue weighted by molar-refractivity contribution is 6.15. The number of carbonyl (C=O) groups is 2. The molecule has 0 spiro atoms. The number of rotatable bonds is 5. The van der Waals surface area contributed by atoms with Gasteiger partial charge in [-0.2, -0.15) is 0 Å². The summed E-state index contributed by atoms with van der Waals surface area (Å²) >= 11 is 5.76. The number of halogens is 1. The third-order valence-corrected chi connectivity index (χ3v) is 5.25. The minimum Gasteiger partial charge on any atom is -0.487 e. The van der Waals surface area contributed by atoms with Gasteiger partial charge in [-0.3, -0.25) is 4.79 Å². The molecule has 3 rings (SSSR count). The van der Waals surface area contributed by atoms with E-state index in [9.17, 15) is 9.59 Å². The van der Waals surface area contributed by atoms with Crippen LogP contribution >= 0.6 is 11.8 Å². The molecule has 0 saturated carbocycles. The first-order valence-electron chi connectivity index (χ1n) is 9.67. The second kappa shape index (κ2) is 8.20. The molecule has 0 amide bonds. The van der Waals surface area contributed by atoms with Crippen molar-refractivity contribution in [3.63, 3.8) is 0 Å². The van der Waals surface area contributed by atoms with Crippen LogP contribution in [0.2, 0.25) is 0 Å². The average molecular weight is 420 g/mol. The lowest BCUT2D eigenvalue weighted by molar-refractivity contribution is -0.138. The lowest BCUT2D eigenvalue weighted by Crippen LogP contribution is -2.39. The van der Waals surface area contributed by atoms with Gasteiger partial charge in [0.1, 0.15) is 17.4 Å². The van der Waals surface area contributed by atoms with Gasteiger partial charge in [0.05, 0.1) is 0 Å². The van der Waals surface area contributed by atoms with Crippen LogP contribution in [0.5, 0.6) is 17.2 Å². The van der Waals surface area contributed by atoms with E-state index < -0.39 is 18.0 Å². The summed E-state index contributed by atoms with van der Waals surface area (Å²) in [5, 5.41) is 1.45. The molecule has 6 nitrogen and oxygen atoms in total. The summed E-state index contributed by atoms with van der Waals surface area (Å²) in [7, 11) is 0. The summed E-state index contributed by atoms with van der Waals surface area (Å²) in [6, 6.07) is 6.73. The summed E-state index contributed by atoms with van der Waals surface area (Å²) < 4.78 is 17.6. The quantitative estimate of drug-likeness (QED) is 0.435. The summed E-state index contributed by atoms with van der Waals surface area (Å²) in [4.78, 5) is 27.1. The van der Waals surface area contributed by atoms with E-state index >= 15 is 0 Å². The fraction of sp³-hybridized carbons (Fsp3) is 0.455. The Hall–Kier alpha value is -2.31. The largest absolute Gasteiger partial charge is 0.487 e. The molecule has 2 aromatic carbocycles. The topological polar surface area (TPSA) is 73.9 Å². The van der Waals surface area contributed by atoms with Gasteiger partial charge in [0.15, 0.2) is 11.5 Å². The monoisotopic (exact) mass is 419 g/mol. The standard InChI is InChI=1S/C22H26ClNO5/c1-12(2)17(24-23)21(26)28-20-16-10-11-22(4,5)29-18(16)14-8-6-7-9-15(14)19(20)27-13(3)25/h6-9,12,17,24H,10-11H2,1-5H3/t17-/m0/s1. The van der Waals surface area contributed by atoms with Gasteiger partial charge in [0.25, 0.3) is 0 Å². The van der Waals surface area contributed by atoms with Gasteiger partial charge in [-0.1, -0.05) is 38.1 Å². The molecule has 0 aliphatic carbocycles. The van der Waals surface area contributed by atoms with Crippen molar-refractivity contribution in [3.8, 4) is 17.2 Å². The predicted octanol–water partition coefficient (Wildman–Crippen LogP) is 4.54. The second-order valence-electron chi connectivity index (χ2n) is 8.22. The van der Waals surface area contributed by atoms with Gasteiger partial charge >= 0.3 is 11.9 Å². The van der Waals surface area contributed by atoms with Crippen LogP contribution in [-0.4, -0.2) is 23.6 Å². The van der Waals surface area contributed by atoms with Crippen molar-refractivity contribution in [1.82, 2.24) is 4.84 Å². The first-order valence-corrected chi connectivity index (χ1v) is 10.0. The maximum Gasteiger partial charge on any atom is 0.330 e. The van der Waals surface area contributed by atoms with E-state index in [4.69, 9.17) is 26.0 Å². The zero-order valence-corrected chi connectivity index (χ0v) is 18.1. The number of nitrogens with one attached hydrogen (secondary N) is 1. The van der Waals surface area contributed by atoms with Gasteiger partial charge in [0.2, 0.25) is 0 Å². The van der Waals surface area contributed by atoms with Crippen molar-refractivity contribution in [1.29, 1.82) is 0 Å². The second-order valence-corrected chi connectivity index (χ2v) is 8.44. The molecule has 0 radical (unpaired) electrons. The molecule has 0 unspecified atom stereocenters. The van der Waals surface area contributed by atoms with Crippen LogP contribution in [0.4, 0.5) is 0 Å². The Morgan fingerprint density at radius 1 is 1.14 bits per heavy atom. The molecule has 1 atom stereocenters. The Morgan fingerprint density at radius 2 is 1.79 bits per heavy atom. The summed E-state index contributed by atoms with van der Waals surface area (Å²) in [6.07, 6.45) is 1.34. The van der Waals surface area contributed by atoms with E-state index in [1.54, 1.807) is 0 Å². The predicted molar refractivity (Wildman–Crippen MR) is 112 cm³/mol. The smallest absolute Gasteiger partial charge is 0.330 e. The summed E-state index contributed by atoms with van der Waals surface area (Å²) in [5.41, 5.74) is 0.350. The number of hydrogen-bond donors (Lipinski definition) is 1. The third kappa shape index (κ3) is 4.33. The molecule has 1 aliphatic heterocycles. The normalized spacial score (nSPS) is 16.1. The molecule has 1 aliphatic rings. The Kier molecular flexibility index (Phi) is 6.05. The highest BCUT2D eigenvalue weighted by Gasteiger charge is 2.35. The van der Waals surface area contributed by atoms with Crippen molar-refractivity contribution >= 4 is 34.5 Å². The molecule has 7 heteroatoms. The highest BCUT2D eigenvalue weighted by atomic mass is 35.5. The van der Waals surface area contributed by atoms with Crippen LogP contribution in [-0.2, 0) is 16.0 Å². The number of esters is 2. The molecule has 1 N–H and O–H groups in total. The molecule has 0 bridgehead atoms. The Balaban J connectivity index is 2.23. The van der Waals surface area contributed by atoms with Crippen molar-refractivity contribution in [2.45, 2.75) is 59.1 Å². The minimum atomic E-state index is -0.718.